The molecule has 0 aliphatic carbocycles. The quantitative estimate of drug-likeness (QED) is 0.373. The van der Waals surface area contributed by atoms with E-state index in [-0.39, 0.29) is 26.3 Å². The van der Waals surface area contributed by atoms with Gasteiger partial charge in [0.25, 0.3) is 0 Å². The summed E-state index contributed by atoms with van der Waals surface area (Å²) in [4.78, 5) is 46.4. The number of hydrogen-bond donors (Lipinski definition) is 3. The molecule has 0 saturated carbocycles. The minimum atomic E-state index is -0.697. The molecule has 1 aromatic carbocycles. The zero-order valence-electron chi connectivity index (χ0n) is 14.3. The summed E-state index contributed by atoms with van der Waals surface area (Å²) in [5.41, 5.74) is 0.840. The van der Waals surface area contributed by atoms with Crippen LogP contribution in [-0.4, -0.2) is 55.5 Å². The van der Waals surface area contributed by atoms with Crippen LogP contribution in [0.3, 0.4) is 0 Å². The van der Waals surface area contributed by atoms with Crippen LogP contribution in [0.25, 0.3) is 0 Å². The van der Waals surface area contributed by atoms with Crippen LogP contribution in [0, 0.1) is 0 Å². The van der Waals surface area contributed by atoms with Gasteiger partial charge in [-0.2, -0.15) is 0 Å². The minimum Gasteiger partial charge on any atom is -0.465 e. The van der Waals surface area contributed by atoms with Gasteiger partial charge in [0, 0.05) is 0 Å². The molecule has 1 aliphatic rings. The van der Waals surface area contributed by atoms with Crippen LogP contribution in [0.15, 0.2) is 30.3 Å². The highest BCUT2D eigenvalue weighted by Gasteiger charge is 2.48. The van der Waals surface area contributed by atoms with E-state index in [9.17, 15) is 19.2 Å². The summed E-state index contributed by atoms with van der Waals surface area (Å²) in [7, 11) is 0. The first-order chi connectivity index (χ1) is 12.5. The summed E-state index contributed by atoms with van der Waals surface area (Å²) < 4.78 is 9.79. The Balaban J connectivity index is 1.58. The smallest absolute Gasteiger partial charge is 0.325 e. The lowest BCUT2D eigenvalue weighted by Gasteiger charge is -2.07. The van der Waals surface area contributed by atoms with Gasteiger partial charge in [0.05, 0.1) is 13.2 Å². The fourth-order valence-corrected chi connectivity index (χ4v) is 2.10. The Kier molecular flexibility index (Phi) is 7.10. The van der Waals surface area contributed by atoms with Crippen molar-refractivity contribution >= 4 is 23.8 Å². The van der Waals surface area contributed by atoms with Crippen LogP contribution in [0.4, 0.5) is 0 Å². The molecule has 26 heavy (non-hydrogen) atoms. The van der Waals surface area contributed by atoms with E-state index in [0.717, 1.165) is 5.56 Å². The lowest BCUT2D eigenvalue weighted by atomic mass is 10.2. The topological polar surface area (TPSA) is 133 Å². The molecule has 9 nitrogen and oxygen atoms in total. The Bertz CT molecular complexity index is 664. The Hall–Kier alpha value is -2.94. The number of amides is 2. The number of esters is 2. The normalized spacial score (nSPS) is 17.7. The first-order valence-corrected chi connectivity index (χ1v) is 8.18. The maximum Gasteiger partial charge on any atom is 0.325 e. The SMILES string of the molecule is CCOC(=O)C1N[C@H]1C(=O)NCC(=O)NCC(=O)OCc1ccccc1. The van der Waals surface area contributed by atoms with Crippen molar-refractivity contribution < 1.29 is 28.7 Å². The number of benzene rings is 1. The Morgan fingerprint density at radius 3 is 2.42 bits per heavy atom. The van der Waals surface area contributed by atoms with Gasteiger partial charge < -0.3 is 20.1 Å². The number of ether oxygens (including phenoxy) is 2. The van der Waals surface area contributed by atoms with Crippen molar-refractivity contribution in [1.29, 1.82) is 0 Å². The maximum absolute atomic E-state index is 11.8. The molecule has 1 saturated heterocycles. The van der Waals surface area contributed by atoms with Crippen molar-refractivity contribution in [3.63, 3.8) is 0 Å². The molecule has 9 heteroatoms. The highest BCUT2D eigenvalue weighted by Crippen LogP contribution is 2.12. The van der Waals surface area contributed by atoms with Crippen LogP contribution < -0.4 is 16.0 Å². The molecular formula is C17H21N3O6. The predicted molar refractivity (Wildman–Crippen MR) is 89.6 cm³/mol. The molecule has 2 atom stereocenters. The molecule has 1 fully saturated rings. The van der Waals surface area contributed by atoms with E-state index in [1.165, 1.54) is 0 Å². The van der Waals surface area contributed by atoms with Gasteiger partial charge in [0.1, 0.15) is 25.2 Å². The van der Waals surface area contributed by atoms with E-state index in [1.807, 2.05) is 30.3 Å². The summed E-state index contributed by atoms with van der Waals surface area (Å²) in [6.07, 6.45) is 0. The zero-order chi connectivity index (χ0) is 18.9. The third-order valence-corrected chi connectivity index (χ3v) is 3.50. The van der Waals surface area contributed by atoms with E-state index in [0.29, 0.717) is 0 Å². The van der Waals surface area contributed by atoms with Crippen molar-refractivity contribution in [3.8, 4) is 0 Å². The molecule has 0 spiro atoms. The van der Waals surface area contributed by atoms with Gasteiger partial charge in [-0.25, -0.2) is 0 Å². The lowest BCUT2D eigenvalue weighted by molar-refractivity contribution is -0.145. The lowest BCUT2D eigenvalue weighted by Crippen LogP contribution is -2.41. The molecule has 0 radical (unpaired) electrons. The summed E-state index contributed by atoms with van der Waals surface area (Å²) in [6, 6.07) is 7.77. The molecule has 0 bridgehead atoms. The van der Waals surface area contributed by atoms with Gasteiger partial charge in [-0.05, 0) is 12.5 Å². The van der Waals surface area contributed by atoms with Gasteiger partial charge in [-0.15, -0.1) is 0 Å². The third-order valence-electron chi connectivity index (χ3n) is 3.50. The minimum absolute atomic E-state index is 0.120. The summed E-state index contributed by atoms with van der Waals surface area (Å²) in [6.45, 7) is 1.42. The van der Waals surface area contributed by atoms with Crippen molar-refractivity contribution in [1.82, 2.24) is 16.0 Å². The highest BCUT2D eigenvalue weighted by molar-refractivity contribution is 5.97. The maximum atomic E-state index is 11.8. The Labute approximate surface area is 150 Å². The summed E-state index contributed by atoms with van der Waals surface area (Å²) >= 11 is 0. The number of carbonyl (C=O) groups excluding carboxylic acids is 4. The molecule has 1 aromatic rings. The Morgan fingerprint density at radius 2 is 1.73 bits per heavy atom. The van der Waals surface area contributed by atoms with Crippen molar-refractivity contribution in [2.45, 2.75) is 25.6 Å². The number of nitrogens with one attached hydrogen (secondary N) is 3. The monoisotopic (exact) mass is 363 g/mol. The van der Waals surface area contributed by atoms with Crippen LogP contribution >= 0.6 is 0 Å². The molecule has 2 rings (SSSR count). The first-order valence-electron chi connectivity index (χ1n) is 8.18. The van der Waals surface area contributed by atoms with Gasteiger partial charge in [-0.1, -0.05) is 30.3 Å². The van der Waals surface area contributed by atoms with Gasteiger partial charge in [-0.3, -0.25) is 24.5 Å². The Morgan fingerprint density at radius 1 is 1.00 bits per heavy atom. The zero-order valence-corrected chi connectivity index (χ0v) is 14.3. The standard InChI is InChI=1S/C17H21N3O6/c1-2-25-17(24)15-14(20-15)16(23)19-8-12(21)18-9-13(22)26-10-11-6-4-3-5-7-11/h3-7,14-15,20H,2,8-10H2,1H3,(H,18,21)(H,19,23)/t14-,15?/m1/s1. The average Bonchev–Trinajstić information content (AvgIpc) is 3.45. The third kappa shape index (κ3) is 6.17. The first kappa shape index (κ1) is 19.4. The van der Waals surface area contributed by atoms with E-state index in [1.54, 1.807) is 6.92 Å². The van der Waals surface area contributed by atoms with Gasteiger partial charge >= 0.3 is 11.9 Å². The molecule has 2 amide bonds. The molecule has 0 aromatic heterocycles. The van der Waals surface area contributed by atoms with E-state index in [2.05, 4.69) is 16.0 Å². The largest absolute Gasteiger partial charge is 0.465 e. The molecule has 140 valence electrons. The van der Waals surface area contributed by atoms with Gasteiger partial charge in [0.2, 0.25) is 11.8 Å². The molecule has 1 unspecified atom stereocenters. The highest BCUT2D eigenvalue weighted by atomic mass is 16.5. The van der Waals surface area contributed by atoms with Crippen LogP contribution in [0.1, 0.15) is 12.5 Å². The van der Waals surface area contributed by atoms with Gasteiger partial charge in [0.15, 0.2) is 0 Å². The van der Waals surface area contributed by atoms with E-state index < -0.39 is 35.8 Å². The summed E-state index contributed by atoms with van der Waals surface area (Å²) in [5, 5.41) is 7.39. The molecule has 1 aliphatic heterocycles. The molecule has 1 heterocycles. The van der Waals surface area contributed by atoms with Crippen LogP contribution in [0.5, 0.6) is 0 Å². The molecule has 3 N–H and O–H groups in total. The second kappa shape index (κ2) is 9.52. The number of hydrogen-bond acceptors (Lipinski definition) is 7. The fourth-order valence-electron chi connectivity index (χ4n) is 2.10. The number of carbonyl (C=O) groups is 4. The van der Waals surface area contributed by atoms with E-state index in [4.69, 9.17) is 9.47 Å². The summed E-state index contributed by atoms with van der Waals surface area (Å²) in [5.74, 6) is -2.11. The second-order valence-electron chi connectivity index (χ2n) is 5.51. The fraction of sp³-hybridized carbons (Fsp3) is 0.412. The van der Waals surface area contributed by atoms with Crippen LogP contribution in [-0.2, 0) is 35.3 Å². The molecular weight excluding hydrogens is 342 g/mol. The van der Waals surface area contributed by atoms with Crippen molar-refractivity contribution in [2.24, 2.45) is 0 Å². The second-order valence-corrected chi connectivity index (χ2v) is 5.51. The van der Waals surface area contributed by atoms with Crippen LogP contribution in [0.2, 0.25) is 0 Å². The van der Waals surface area contributed by atoms with E-state index >= 15 is 0 Å². The average molecular weight is 363 g/mol. The van der Waals surface area contributed by atoms with Crippen molar-refractivity contribution in [3.05, 3.63) is 35.9 Å². The van der Waals surface area contributed by atoms with Crippen molar-refractivity contribution in [2.75, 3.05) is 19.7 Å². The number of rotatable bonds is 9. The predicted octanol–water partition coefficient (Wildman–Crippen LogP) is -1.13.